The number of hydrogen-bond donors (Lipinski definition) is 1. The van der Waals surface area contributed by atoms with E-state index >= 15 is 0 Å². The van der Waals surface area contributed by atoms with E-state index in [-0.39, 0.29) is 32.6 Å². The highest BCUT2D eigenvalue weighted by molar-refractivity contribution is 6.38. The van der Waals surface area contributed by atoms with Crippen molar-refractivity contribution in [2.24, 2.45) is 0 Å². The van der Waals surface area contributed by atoms with Crippen LogP contribution in [0, 0.1) is 0 Å². The summed E-state index contributed by atoms with van der Waals surface area (Å²) in [7, 11) is 1.22. The summed E-state index contributed by atoms with van der Waals surface area (Å²) in [5.74, 6) is -1.11. The second kappa shape index (κ2) is 6.61. The topological polar surface area (TPSA) is 59.4 Å². The van der Waals surface area contributed by atoms with Crippen molar-refractivity contribution in [1.82, 2.24) is 4.98 Å². The molecule has 1 aromatic heterocycles. The molecule has 2 rings (SSSR count). The molecule has 0 aliphatic heterocycles. The minimum Gasteiger partial charge on any atom is -0.506 e. The van der Waals surface area contributed by atoms with Crippen LogP contribution in [0.5, 0.6) is 0 Å². The average Bonchev–Trinajstić information content (AvgIpc) is 2.48. The van der Waals surface area contributed by atoms with Crippen molar-refractivity contribution in [3.05, 3.63) is 63.9 Å². The van der Waals surface area contributed by atoms with Crippen molar-refractivity contribution in [3.63, 3.8) is 0 Å². The van der Waals surface area contributed by atoms with Crippen LogP contribution in [0.3, 0.4) is 0 Å². The first-order valence-electron chi connectivity index (χ1n) is 5.93. The molecule has 0 aliphatic rings. The monoisotopic (exact) mass is 323 g/mol. The third-order valence-electron chi connectivity index (χ3n) is 2.75. The van der Waals surface area contributed by atoms with Gasteiger partial charge in [0.15, 0.2) is 0 Å². The molecule has 0 bridgehead atoms. The van der Waals surface area contributed by atoms with Crippen molar-refractivity contribution in [2.75, 3.05) is 7.11 Å². The summed E-state index contributed by atoms with van der Waals surface area (Å²) < 4.78 is 4.71. The van der Waals surface area contributed by atoms with Crippen LogP contribution in [0.1, 0.15) is 11.3 Å². The maximum absolute atomic E-state index is 12.0. The molecular weight excluding hydrogens is 313 g/mol. The molecule has 0 spiro atoms. The van der Waals surface area contributed by atoms with Crippen LogP contribution >= 0.6 is 23.2 Å². The van der Waals surface area contributed by atoms with Crippen molar-refractivity contribution in [1.29, 1.82) is 0 Å². The van der Waals surface area contributed by atoms with Crippen LogP contribution in [0.25, 0.3) is 11.3 Å². The van der Waals surface area contributed by atoms with Gasteiger partial charge in [-0.05, 0) is 24.3 Å². The molecule has 0 saturated carbocycles. The Balaban J connectivity index is 2.72. The van der Waals surface area contributed by atoms with Crippen LogP contribution < -0.4 is 0 Å². The Hall–Kier alpha value is -2.04. The fourth-order valence-electron chi connectivity index (χ4n) is 1.78. The number of pyridine rings is 1. The van der Waals surface area contributed by atoms with E-state index in [1.165, 1.54) is 13.3 Å². The molecule has 0 radical (unpaired) electrons. The highest BCUT2D eigenvalue weighted by Crippen LogP contribution is 2.34. The molecule has 0 amide bonds. The van der Waals surface area contributed by atoms with Crippen LogP contribution in [-0.2, 0) is 9.53 Å². The zero-order chi connectivity index (χ0) is 15.4. The van der Waals surface area contributed by atoms with E-state index in [1.54, 1.807) is 36.4 Å². The quantitative estimate of drug-likeness (QED) is 0.527. The number of halogens is 2. The van der Waals surface area contributed by atoms with Crippen molar-refractivity contribution < 1.29 is 14.6 Å². The summed E-state index contributed by atoms with van der Waals surface area (Å²) in [6.45, 7) is 0. The molecule has 4 nitrogen and oxygen atoms in total. The zero-order valence-electron chi connectivity index (χ0n) is 11.0. The molecule has 0 saturated heterocycles. The summed E-state index contributed by atoms with van der Waals surface area (Å²) in [4.78, 5) is 16.0. The first kappa shape index (κ1) is 15.4. The van der Waals surface area contributed by atoms with Crippen LogP contribution in [0.4, 0.5) is 0 Å². The van der Waals surface area contributed by atoms with Crippen LogP contribution in [-0.4, -0.2) is 23.2 Å². The molecule has 108 valence electrons. The van der Waals surface area contributed by atoms with Gasteiger partial charge in [0.1, 0.15) is 11.3 Å². The molecule has 1 heterocycles. The standard InChI is InChI=1S/C15H11Cl2NO3/c1-21-15(20)13(11-7-2-3-8-18-11)14(19)12-9(16)5-4-6-10(12)17/h2-8,19H,1H3/b14-13+. The van der Waals surface area contributed by atoms with Gasteiger partial charge in [-0.15, -0.1) is 0 Å². The maximum Gasteiger partial charge on any atom is 0.343 e. The van der Waals surface area contributed by atoms with Gasteiger partial charge in [-0.1, -0.05) is 35.3 Å². The number of aliphatic hydroxyl groups excluding tert-OH is 1. The Kier molecular flexibility index (Phi) is 4.83. The Morgan fingerprint density at radius 1 is 1.14 bits per heavy atom. The van der Waals surface area contributed by atoms with E-state index in [4.69, 9.17) is 27.9 Å². The Morgan fingerprint density at radius 2 is 1.81 bits per heavy atom. The summed E-state index contributed by atoms with van der Waals surface area (Å²) >= 11 is 12.1. The lowest BCUT2D eigenvalue weighted by atomic mass is 10.0. The summed E-state index contributed by atoms with van der Waals surface area (Å²) in [6, 6.07) is 9.72. The molecule has 0 aliphatic carbocycles. The van der Waals surface area contributed by atoms with Gasteiger partial charge in [-0.2, -0.15) is 0 Å². The Morgan fingerprint density at radius 3 is 2.33 bits per heavy atom. The number of ether oxygens (including phenoxy) is 1. The minimum absolute atomic E-state index is 0.104. The Labute approximate surface area is 131 Å². The third-order valence-corrected chi connectivity index (χ3v) is 3.38. The van der Waals surface area contributed by atoms with E-state index in [2.05, 4.69) is 4.98 Å². The number of aliphatic hydroxyl groups is 1. The normalized spacial score (nSPS) is 11.8. The molecule has 1 aromatic carbocycles. The molecule has 0 fully saturated rings. The van der Waals surface area contributed by atoms with E-state index < -0.39 is 5.97 Å². The molecule has 6 heteroatoms. The van der Waals surface area contributed by atoms with Gasteiger partial charge in [-0.25, -0.2) is 4.79 Å². The molecule has 2 aromatic rings. The van der Waals surface area contributed by atoms with E-state index in [1.807, 2.05) is 0 Å². The predicted octanol–water partition coefficient (Wildman–Crippen LogP) is 3.99. The molecule has 1 N–H and O–H groups in total. The number of rotatable bonds is 3. The van der Waals surface area contributed by atoms with Gasteiger partial charge in [0.2, 0.25) is 0 Å². The first-order chi connectivity index (χ1) is 10.1. The smallest absolute Gasteiger partial charge is 0.343 e. The van der Waals surface area contributed by atoms with Gasteiger partial charge in [0.05, 0.1) is 28.4 Å². The van der Waals surface area contributed by atoms with Gasteiger partial charge < -0.3 is 9.84 Å². The van der Waals surface area contributed by atoms with E-state index in [9.17, 15) is 9.90 Å². The zero-order valence-corrected chi connectivity index (χ0v) is 12.5. The van der Waals surface area contributed by atoms with Gasteiger partial charge >= 0.3 is 5.97 Å². The van der Waals surface area contributed by atoms with Crippen molar-refractivity contribution in [3.8, 4) is 0 Å². The number of hydrogen-bond acceptors (Lipinski definition) is 4. The van der Waals surface area contributed by atoms with E-state index in [0.717, 1.165) is 0 Å². The predicted molar refractivity (Wildman–Crippen MR) is 82.2 cm³/mol. The maximum atomic E-state index is 12.0. The molecule has 0 atom stereocenters. The van der Waals surface area contributed by atoms with Gasteiger partial charge in [-0.3, -0.25) is 4.98 Å². The number of esters is 1. The number of nitrogens with zero attached hydrogens (tertiary/aromatic N) is 1. The lowest BCUT2D eigenvalue weighted by Gasteiger charge is -2.11. The fraction of sp³-hybridized carbons (Fsp3) is 0.0667. The highest BCUT2D eigenvalue weighted by Gasteiger charge is 2.23. The lowest BCUT2D eigenvalue weighted by molar-refractivity contribution is -0.133. The number of benzene rings is 1. The first-order valence-corrected chi connectivity index (χ1v) is 6.69. The average molecular weight is 324 g/mol. The second-order valence-corrected chi connectivity index (χ2v) is 4.84. The Bertz CT molecular complexity index is 679. The largest absolute Gasteiger partial charge is 0.506 e. The van der Waals surface area contributed by atoms with Crippen molar-refractivity contribution in [2.45, 2.75) is 0 Å². The lowest BCUT2D eigenvalue weighted by Crippen LogP contribution is -2.08. The van der Waals surface area contributed by atoms with Crippen LogP contribution in [0.2, 0.25) is 10.0 Å². The summed E-state index contributed by atoms with van der Waals surface area (Å²) in [5.41, 5.74) is 0.317. The summed E-state index contributed by atoms with van der Waals surface area (Å²) in [6.07, 6.45) is 1.50. The molecular formula is C15H11Cl2NO3. The molecule has 0 unspecified atom stereocenters. The number of carbonyl (C=O) groups is 1. The number of carbonyl (C=O) groups excluding carboxylic acids is 1. The fourth-order valence-corrected chi connectivity index (χ4v) is 2.36. The molecule has 21 heavy (non-hydrogen) atoms. The number of methoxy groups -OCH3 is 1. The van der Waals surface area contributed by atoms with Crippen LogP contribution in [0.15, 0.2) is 42.6 Å². The number of aromatic nitrogens is 1. The van der Waals surface area contributed by atoms with Gasteiger partial charge in [0.25, 0.3) is 0 Å². The summed E-state index contributed by atoms with van der Waals surface area (Å²) in [5, 5.41) is 10.9. The van der Waals surface area contributed by atoms with Crippen molar-refractivity contribution >= 4 is 40.5 Å². The SMILES string of the molecule is COC(=O)/C(=C(/O)c1c(Cl)cccc1Cl)c1ccccn1. The minimum atomic E-state index is -0.734. The third kappa shape index (κ3) is 3.17. The second-order valence-electron chi connectivity index (χ2n) is 4.03. The van der Waals surface area contributed by atoms with Gasteiger partial charge in [0, 0.05) is 6.20 Å². The van der Waals surface area contributed by atoms with E-state index in [0.29, 0.717) is 0 Å². The highest BCUT2D eigenvalue weighted by atomic mass is 35.5.